The summed E-state index contributed by atoms with van der Waals surface area (Å²) < 4.78 is 41.3. The minimum Gasteiger partial charge on any atom is -0.405 e. The van der Waals surface area contributed by atoms with Crippen LogP contribution in [0.4, 0.5) is 13.2 Å². The molecule has 1 aromatic carbocycles. The van der Waals surface area contributed by atoms with Crippen molar-refractivity contribution in [2.45, 2.75) is 32.2 Å². The van der Waals surface area contributed by atoms with Gasteiger partial charge in [0.25, 0.3) is 0 Å². The maximum Gasteiger partial charge on any atom is 0.573 e. The second-order valence-electron chi connectivity index (χ2n) is 6.16. The average molecular weight is 407 g/mol. The fourth-order valence-corrected chi connectivity index (χ4v) is 3.55. The van der Waals surface area contributed by atoms with E-state index in [1.54, 1.807) is 35.9 Å². The van der Waals surface area contributed by atoms with Crippen LogP contribution < -0.4 is 10.1 Å². The number of aryl methyl sites for hydroxylation is 1. The zero-order valence-electron chi connectivity index (χ0n) is 15.1. The first-order valence-corrected chi connectivity index (χ1v) is 9.78. The number of alkyl halides is 3. The number of hydrogen-bond donors (Lipinski definition) is 1. The van der Waals surface area contributed by atoms with Crippen molar-refractivity contribution in [2.24, 2.45) is 0 Å². The smallest absolute Gasteiger partial charge is 0.405 e. The first-order chi connectivity index (χ1) is 13.5. The zero-order valence-corrected chi connectivity index (χ0v) is 15.9. The van der Waals surface area contributed by atoms with Gasteiger partial charge in [-0.05, 0) is 44.0 Å². The summed E-state index contributed by atoms with van der Waals surface area (Å²) in [4.78, 5) is 8.73. The zero-order chi connectivity index (χ0) is 19.8. The van der Waals surface area contributed by atoms with Crippen molar-refractivity contribution in [3.05, 3.63) is 64.7 Å². The minimum atomic E-state index is -4.68. The fraction of sp³-hybridized carbons (Fsp3) is 0.300. The number of aromatic nitrogens is 2. The van der Waals surface area contributed by atoms with Gasteiger partial charge < -0.3 is 10.1 Å². The Bertz CT molecular complexity index is 868. The van der Waals surface area contributed by atoms with E-state index in [0.29, 0.717) is 18.7 Å². The number of ether oxygens (including phenoxy) is 1. The average Bonchev–Trinajstić information content (AvgIpc) is 3.14. The lowest BCUT2D eigenvalue weighted by Crippen LogP contribution is -2.20. The van der Waals surface area contributed by atoms with Crippen LogP contribution in [0.15, 0.2) is 54.2 Å². The molecule has 28 heavy (non-hydrogen) atoms. The van der Waals surface area contributed by atoms with Crippen LogP contribution in [0.3, 0.4) is 0 Å². The van der Waals surface area contributed by atoms with Gasteiger partial charge in [-0.3, -0.25) is 4.98 Å². The van der Waals surface area contributed by atoms with Crippen molar-refractivity contribution in [2.75, 3.05) is 6.54 Å². The van der Waals surface area contributed by atoms with Crippen molar-refractivity contribution in [1.29, 1.82) is 0 Å². The molecule has 3 rings (SSSR count). The van der Waals surface area contributed by atoms with Gasteiger partial charge in [0.1, 0.15) is 5.75 Å². The number of para-hydroxylation sites is 1. The van der Waals surface area contributed by atoms with Gasteiger partial charge in [-0.25, -0.2) is 4.98 Å². The summed E-state index contributed by atoms with van der Waals surface area (Å²) in [5, 5.41) is 6.27. The molecule has 0 spiro atoms. The van der Waals surface area contributed by atoms with E-state index >= 15 is 0 Å². The lowest BCUT2D eigenvalue weighted by Gasteiger charge is -2.13. The lowest BCUT2D eigenvalue weighted by molar-refractivity contribution is -0.274. The summed E-state index contributed by atoms with van der Waals surface area (Å²) in [5.41, 5.74) is 2.43. The van der Waals surface area contributed by atoms with Gasteiger partial charge in [-0.2, -0.15) is 0 Å². The second kappa shape index (κ2) is 9.66. The van der Waals surface area contributed by atoms with E-state index in [4.69, 9.17) is 0 Å². The number of nitrogens with zero attached hydrogens (tertiary/aromatic N) is 2. The van der Waals surface area contributed by atoms with E-state index in [-0.39, 0.29) is 5.75 Å². The molecule has 0 amide bonds. The van der Waals surface area contributed by atoms with Crippen molar-refractivity contribution in [1.82, 2.24) is 15.3 Å². The van der Waals surface area contributed by atoms with Gasteiger partial charge in [0, 0.05) is 35.4 Å². The molecule has 0 saturated carbocycles. The van der Waals surface area contributed by atoms with Crippen LogP contribution in [-0.4, -0.2) is 22.9 Å². The number of nitrogens with one attached hydrogen (secondary N) is 1. The molecular formula is C20H20F3N3OS. The molecule has 0 fully saturated rings. The number of benzene rings is 1. The summed E-state index contributed by atoms with van der Waals surface area (Å²) in [6.45, 7) is 1.04. The van der Waals surface area contributed by atoms with Crippen molar-refractivity contribution >= 4 is 11.3 Å². The Morgan fingerprint density at radius 2 is 1.93 bits per heavy atom. The van der Waals surface area contributed by atoms with Gasteiger partial charge in [0.05, 0.1) is 10.7 Å². The molecule has 0 unspecified atom stereocenters. The van der Waals surface area contributed by atoms with Gasteiger partial charge in [0.15, 0.2) is 0 Å². The van der Waals surface area contributed by atoms with E-state index < -0.39 is 6.36 Å². The van der Waals surface area contributed by atoms with Crippen LogP contribution in [0.25, 0.3) is 11.3 Å². The number of unbranched alkanes of at least 4 members (excludes halogenated alkanes) is 1. The van der Waals surface area contributed by atoms with Gasteiger partial charge in [-0.15, -0.1) is 24.5 Å². The molecule has 0 bridgehead atoms. The number of thiazole rings is 1. The Morgan fingerprint density at radius 3 is 2.71 bits per heavy atom. The lowest BCUT2D eigenvalue weighted by atomic mass is 10.2. The molecule has 0 aliphatic carbocycles. The number of hydrogen-bond acceptors (Lipinski definition) is 5. The van der Waals surface area contributed by atoms with Crippen LogP contribution in [0, 0.1) is 0 Å². The molecule has 0 aliphatic rings. The Hall–Kier alpha value is -2.45. The van der Waals surface area contributed by atoms with Crippen molar-refractivity contribution < 1.29 is 17.9 Å². The van der Waals surface area contributed by atoms with Crippen molar-refractivity contribution in [3.8, 4) is 17.0 Å². The third-order valence-corrected chi connectivity index (χ3v) is 4.93. The van der Waals surface area contributed by atoms with E-state index in [1.165, 1.54) is 12.1 Å². The Morgan fingerprint density at radius 1 is 1.07 bits per heavy atom. The number of rotatable bonds is 9. The standard InChI is InChI=1S/C20H20F3N3OS/c21-20(22,23)27-18-8-2-1-6-16(18)13-24-10-4-3-9-19-26-17(14-28-19)15-7-5-11-25-12-15/h1-2,5-8,11-12,14,24H,3-4,9-10,13H2. The maximum atomic E-state index is 12.4. The molecule has 3 aromatic rings. The predicted octanol–water partition coefficient (Wildman–Crippen LogP) is 5.22. The third-order valence-electron chi connectivity index (χ3n) is 4.02. The van der Waals surface area contributed by atoms with Crippen LogP contribution in [0.2, 0.25) is 0 Å². The topological polar surface area (TPSA) is 47.0 Å². The highest BCUT2D eigenvalue weighted by Crippen LogP contribution is 2.26. The summed E-state index contributed by atoms with van der Waals surface area (Å²) in [5.74, 6) is -0.159. The van der Waals surface area contributed by atoms with E-state index in [1.807, 2.05) is 17.5 Å². The van der Waals surface area contributed by atoms with Gasteiger partial charge >= 0.3 is 6.36 Å². The first kappa shape index (κ1) is 20.3. The van der Waals surface area contributed by atoms with E-state index in [0.717, 1.165) is 35.5 Å². The van der Waals surface area contributed by atoms with Crippen molar-refractivity contribution in [3.63, 3.8) is 0 Å². The number of pyridine rings is 1. The first-order valence-electron chi connectivity index (χ1n) is 8.90. The summed E-state index contributed by atoms with van der Waals surface area (Å²) in [6.07, 6.45) is 1.58. The second-order valence-corrected chi connectivity index (χ2v) is 7.10. The molecule has 2 heterocycles. The SMILES string of the molecule is FC(F)(F)Oc1ccccc1CNCCCCc1nc(-c2cccnc2)cs1. The summed E-state index contributed by atoms with van der Waals surface area (Å²) in [6, 6.07) is 10.0. The largest absolute Gasteiger partial charge is 0.573 e. The van der Waals surface area contributed by atoms with Crippen LogP contribution >= 0.6 is 11.3 Å². The molecule has 0 atom stereocenters. The number of halogens is 3. The van der Waals surface area contributed by atoms with Crippen LogP contribution in [0.1, 0.15) is 23.4 Å². The highest BCUT2D eigenvalue weighted by atomic mass is 32.1. The quantitative estimate of drug-likeness (QED) is 0.494. The van der Waals surface area contributed by atoms with E-state index in [2.05, 4.69) is 20.0 Å². The van der Waals surface area contributed by atoms with Gasteiger partial charge in [-0.1, -0.05) is 18.2 Å². The third kappa shape index (κ3) is 6.31. The highest BCUT2D eigenvalue weighted by Gasteiger charge is 2.31. The minimum absolute atomic E-state index is 0.159. The van der Waals surface area contributed by atoms with E-state index in [9.17, 15) is 13.2 Å². The van der Waals surface area contributed by atoms with Crippen LogP contribution in [-0.2, 0) is 13.0 Å². The maximum absolute atomic E-state index is 12.4. The molecular weight excluding hydrogens is 387 g/mol. The monoisotopic (exact) mass is 407 g/mol. The molecule has 0 aliphatic heterocycles. The Balaban J connectivity index is 1.39. The van der Waals surface area contributed by atoms with Crippen LogP contribution in [0.5, 0.6) is 5.75 Å². The molecule has 148 valence electrons. The Kier molecular flexibility index (Phi) is 7.00. The van der Waals surface area contributed by atoms with Gasteiger partial charge in [0.2, 0.25) is 0 Å². The summed E-state index contributed by atoms with van der Waals surface area (Å²) >= 11 is 1.63. The normalized spacial score (nSPS) is 11.5. The molecule has 1 N–H and O–H groups in total. The highest BCUT2D eigenvalue weighted by molar-refractivity contribution is 7.09. The fourth-order valence-electron chi connectivity index (χ4n) is 2.70. The molecule has 4 nitrogen and oxygen atoms in total. The summed E-state index contributed by atoms with van der Waals surface area (Å²) in [7, 11) is 0. The molecule has 0 radical (unpaired) electrons. The predicted molar refractivity (Wildman–Crippen MR) is 103 cm³/mol. The molecule has 8 heteroatoms. The molecule has 2 aromatic heterocycles. The Labute approximate surface area is 165 Å². The molecule has 0 saturated heterocycles.